The Morgan fingerprint density at radius 1 is 1.09 bits per heavy atom. The second-order valence-corrected chi connectivity index (χ2v) is 6.46. The summed E-state index contributed by atoms with van der Waals surface area (Å²) in [5.41, 5.74) is 0.875. The smallest absolute Gasteiger partial charge is 0.275 e. The van der Waals surface area contributed by atoms with Crippen LogP contribution in [0, 0.1) is 0 Å². The van der Waals surface area contributed by atoms with E-state index in [9.17, 15) is 4.79 Å². The number of benzene rings is 2. The van der Waals surface area contributed by atoms with Gasteiger partial charge in [0, 0.05) is 9.86 Å². The van der Waals surface area contributed by atoms with Gasteiger partial charge in [-0.2, -0.15) is 5.10 Å². The molecule has 3 aromatic rings. The maximum Gasteiger partial charge on any atom is 0.275 e. The quantitative estimate of drug-likeness (QED) is 0.639. The van der Waals surface area contributed by atoms with Gasteiger partial charge in [0.05, 0.1) is 19.0 Å². The first-order valence-corrected chi connectivity index (χ1v) is 8.16. The van der Waals surface area contributed by atoms with Crippen molar-refractivity contribution in [2.75, 3.05) is 7.11 Å². The van der Waals surface area contributed by atoms with Crippen LogP contribution < -0.4 is 10.3 Å². The molecule has 0 aliphatic rings. The molecule has 0 saturated heterocycles. The van der Waals surface area contributed by atoms with E-state index in [2.05, 4.69) is 37.0 Å². The second-order valence-electron chi connectivity index (χ2n) is 4.79. The lowest BCUT2D eigenvalue weighted by Gasteiger charge is -2.09. The van der Waals surface area contributed by atoms with E-state index in [0.29, 0.717) is 16.5 Å². The van der Waals surface area contributed by atoms with Crippen LogP contribution in [0.15, 0.2) is 56.3 Å². The molecule has 1 heterocycles. The Hall–Kier alpha value is -1.66. The monoisotopic (exact) mass is 422 g/mol. The molecule has 0 bridgehead atoms. The average Bonchev–Trinajstić information content (AvgIpc) is 2.53. The Bertz CT molecular complexity index is 889. The number of nitrogens with zero attached hydrogens (tertiary/aromatic N) is 2. The molecular formula is C16H12Br2N2O2. The summed E-state index contributed by atoms with van der Waals surface area (Å²) in [6.45, 7) is 0.410. The van der Waals surface area contributed by atoms with E-state index >= 15 is 0 Å². The van der Waals surface area contributed by atoms with Gasteiger partial charge < -0.3 is 4.74 Å². The van der Waals surface area contributed by atoms with Crippen LogP contribution in [0.4, 0.5) is 0 Å². The van der Waals surface area contributed by atoms with Crippen molar-refractivity contribution in [3.8, 4) is 5.75 Å². The van der Waals surface area contributed by atoms with Gasteiger partial charge in [-0.05, 0) is 51.8 Å². The largest absolute Gasteiger partial charge is 0.497 e. The minimum atomic E-state index is -0.110. The van der Waals surface area contributed by atoms with Crippen molar-refractivity contribution in [1.82, 2.24) is 9.78 Å². The fourth-order valence-electron chi connectivity index (χ4n) is 2.23. The lowest BCUT2D eigenvalue weighted by atomic mass is 10.2. The molecular weight excluding hydrogens is 412 g/mol. The van der Waals surface area contributed by atoms with Crippen molar-refractivity contribution >= 4 is 42.6 Å². The molecule has 2 aromatic carbocycles. The molecule has 6 heteroatoms. The van der Waals surface area contributed by atoms with E-state index in [4.69, 9.17) is 4.74 Å². The number of hydrogen-bond acceptors (Lipinski definition) is 3. The normalized spacial score (nSPS) is 10.9. The third-order valence-electron chi connectivity index (χ3n) is 3.37. The molecule has 0 radical (unpaired) electrons. The topological polar surface area (TPSA) is 44.1 Å². The van der Waals surface area contributed by atoms with Gasteiger partial charge in [0.2, 0.25) is 0 Å². The van der Waals surface area contributed by atoms with Crippen molar-refractivity contribution in [3.05, 3.63) is 67.5 Å². The van der Waals surface area contributed by atoms with Crippen LogP contribution in [-0.2, 0) is 6.54 Å². The zero-order chi connectivity index (χ0) is 15.7. The van der Waals surface area contributed by atoms with Gasteiger partial charge in [0.25, 0.3) is 5.56 Å². The molecule has 0 atom stereocenters. The third kappa shape index (κ3) is 2.94. The maximum atomic E-state index is 12.6. The van der Waals surface area contributed by atoms with E-state index in [0.717, 1.165) is 21.2 Å². The van der Waals surface area contributed by atoms with E-state index in [-0.39, 0.29) is 5.56 Å². The first kappa shape index (κ1) is 15.2. The number of fused-ring (bicyclic) bond motifs is 1. The minimum Gasteiger partial charge on any atom is -0.497 e. The summed E-state index contributed by atoms with van der Waals surface area (Å²) in [5.74, 6) is 0.786. The number of methoxy groups -OCH3 is 1. The highest BCUT2D eigenvalue weighted by atomic mass is 79.9. The van der Waals surface area contributed by atoms with Gasteiger partial charge in [0.15, 0.2) is 0 Å². The SMILES string of the molecule is COc1ccc(Cn2nc(Br)c3cc(Br)ccc3c2=O)cc1. The minimum absolute atomic E-state index is 0.110. The first-order chi connectivity index (χ1) is 10.6. The molecule has 0 unspecified atom stereocenters. The van der Waals surface area contributed by atoms with Crippen LogP contribution in [0.1, 0.15) is 5.56 Å². The van der Waals surface area contributed by atoms with Crippen molar-refractivity contribution in [3.63, 3.8) is 0 Å². The Morgan fingerprint density at radius 3 is 2.50 bits per heavy atom. The first-order valence-electron chi connectivity index (χ1n) is 6.57. The van der Waals surface area contributed by atoms with Gasteiger partial charge in [-0.25, -0.2) is 4.68 Å². The lowest BCUT2D eigenvalue weighted by molar-refractivity contribution is 0.414. The molecule has 3 rings (SSSR count). The Labute approximate surface area is 144 Å². The number of rotatable bonds is 3. The highest BCUT2D eigenvalue weighted by molar-refractivity contribution is 9.11. The zero-order valence-electron chi connectivity index (χ0n) is 11.7. The molecule has 0 aliphatic carbocycles. The fraction of sp³-hybridized carbons (Fsp3) is 0.125. The number of ether oxygens (including phenoxy) is 1. The number of hydrogen-bond donors (Lipinski definition) is 0. The van der Waals surface area contributed by atoms with Gasteiger partial charge in [0.1, 0.15) is 10.4 Å². The van der Waals surface area contributed by atoms with Gasteiger partial charge in [-0.15, -0.1) is 0 Å². The van der Waals surface area contributed by atoms with Crippen LogP contribution >= 0.6 is 31.9 Å². The predicted molar refractivity (Wildman–Crippen MR) is 93.5 cm³/mol. The molecule has 0 spiro atoms. The third-order valence-corrected chi connectivity index (χ3v) is 4.45. The summed E-state index contributed by atoms with van der Waals surface area (Å²) >= 11 is 6.85. The highest BCUT2D eigenvalue weighted by Crippen LogP contribution is 2.23. The number of halogens is 2. The summed E-state index contributed by atoms with van der Waals surface area (Å²) in [6.07, 6.45) is 0. The molecule has 0 aliphatic heterocycles. The number of aromatic nitrogens is 2. The van der Waals surface area contributed by atoms with E-state index in [1.54, 1.807) is 13.2 Å². The molecule has 0 N–H and O–H groups in total. The van der Waals surface area contributed by atoms with Crippen molar-refractivity contribution in [2.45, 2.75) is 6.54 Å². The molecule has 1 aromatic heterocycles. The summed E-state index contributed by atoms with van der Waals surface area (Å²) in [5, 5.41) is 5.78. The molecule has 0 fully saturated rings. The zero-order valence-corrected chi connectivity index (χ0v) is 14.9. The van der Waals surface area contributed by atoms with Gasteiger partial charge in [-0.3, -0.25) is 4.79 Å². The average molecular weight is 424 g/mol. The molecule has 0 saturated carbocycles. The van der Waals surface area contributed by atoms with Crippen molar-refractivity contribution in [2.24, 2.45) is 0 Å². The van der Waals surface area contributed by atoms with Crippen LogP contribution in [0.3, 0.4) is 0 Å². The Balaban J connectivity index is 2.05. The summed E-state index contributed by atoms with van der Waals surface area (Å²) in [4.78, 5) is 12.6. The molecule has 4 nitrogen and oxygen atoms in total. The van der Waals surface area contributed by atoms with Crippen molar-refractivity contribution < 1.29 is 4.74 Å². The summed E-state index contributed by atoms with van der Waals surface area (Å²) in [6, 6.07) is 13.1. The Kier molecular flexibility index (Phi) is 4.31. The molecule has 112 valence electrons. The standard InChI is InChI=1S/C16H12Br2N2O2/c1-22-12-5-2-10(3-6-12)9-20-16(21)13-7-4-11(17)8-14(13)15(18)19-20/h2-8H,9H2,1H3. The maximum absolute atomic E-state index is 12.6. The Morgan fingerprint density at radius 2 is 1.82 bits per heavy atom. The van der Waals surface area contributed by atoms with Crippen LogP contribution in [0.5, 0.6) is 5.75 Å². The summed E-state index contributed by atoms with van der Waals surface area (Å²) < 4.78 is 8.16. The van der Waals surface area contributed by atoms with Gasteiger partial charge >= 0.3 is 0 Å². The van der Waals surface area contributed by atoms with Crippen LogP contribution in [-0.4, -0.2) is 16.9 Å². The lowest BCUT2D eigenvalue weighted by Crippen LogP contribution is -2.24. The summed E-state index contributed by atoms with van der Waals surface area (Å²) in [7, 11) is 1.62. The van der Waals surface area contributed by atoms with E-state index in [1.165, 1.54) is 4.68 Å². The molecule has 22 heavy (non-hydrogen) atoms. The second kappa shape index (κ2) is 6.22. The van der Waals surface area contributed by atoms with E-state index < -0.39 is 0 Å². The highest BCUT2D eigenvalue weighted by Gasteiger charge is 2.09. The van der Waals surface area contributed by atoms with E-state index in [1.807, 2.05) is 36.4 Å². The van der Waals surface area contributed by atoms with Gasteiger partial charge in [-0.1, -0.05) is 28.1 Å². The van der Waals surface area contributed by atoms with Crippen LogP contribution in [0.25, 0.3) is 10.8 Å². The van der Waals surface area contributed by atoms with Crippen LogP contribution in [0.2, 0.25) is 0 Å². The van der Waals surface area contributed by atoms with Crippen molar-refractivity contribution in [1.29, 1.82) is 0 Å². The predicted octanol–water partition coefficient (Wildman–Crippen LogP) is 3.98. The molecule has 0 amide bonds. The fourth-order valence-corrected chi connectivity index (χ4v) is 3.11.